The molecule has 1 aliphatic heterocycles. The number of rotatable bonds is 2. The highest BCUT2D eigenvalue weighted by Crippen LogP contribution is 2.24. The zero-order chi connectivity index (χ0) is 11.2. The van der Waals surface area contributed by atoms with E-state index in [4.69, 9.17) is 0 Å². The van der Waals surface area contributed by atoms with Crippen molar-refractivity contribution in [1.82, 2.24) is 4.90 Å². The van der Waals surface area contributed by atoms with E-state index in [-0.39, 0.29) is 5.91 Å². The number of nitrogens with zero attached hydrogens (tertiary/aromatic N) is 1. The Morgan fingerprint density at radius 2 is 1.56 bits per heavy atom. The van der Waals surface area contributed by atoms with Crippen LogP contribution in [-0.4, -0.2) is 23.9 Å². The Labute approximate surface area is 98.7 Å². The first kappa shape index (κ1) is 11.7. The van der Waals surface area contributed by atoms with Crippen LogP contribution < -0.4 is 0 Å². The number of carbonyl (C=O) groups is 1. The fraction of sp³-hybridized carbons (Fsp3) is 0.786. The molecule has 1 amide bonds. The molecule has 0 aromatic carbocycles. The van der Waals surface area contributed by atoms with Crippen LogP contribution in [0.5, 0.6) is 0 Å². The minimum absolute atomic E-state index is 0.241. The number of amides is 1. The Kier molecular flexibility index (Phi) is 4.44. The molecule has 2 nitrogen and oxygen atoms in total. The molecule has 0 atom stereocenters. The average Bonchev–Trinajstić information content (AvgIpc) is 2.38. The second-order valence-electron chi connectivity index (χ2n) is 5.14. The Balaban J connectivity index is 1.78. The molecular formula is C14H23NO. The third kappa shape index (κ3) is 3.36. The summed E-state index contributed by atoms with van der Waals surface area (Å²) in [5.41, 5.74) is 0. The maximum atomic E-state index is 11.9. The van der Waals surface area contributed by atoms with Crippen LogP contribution in [0.1, 0.15) is 51.4 Å². The van der Waals surface area contributed by atoms with Gasteiger partial charge >= 0.3 is 0 Å². The van der Waals surface area contributed by atoms with Gasteiger partial charge in [0.2, 0.25) is 5.91 Å². The quantitative estimate of drug-likeness (QED) is 0.656. The van der Waals surface area contributed by atoms with Gasteiger partial charge in [-0.2, -0.15) is 0 Å². The third-order valence-corrected chi connectivity index (χ3v) is 3.83. The highest BCUT2D eigenvalue weighted by atomic mass is 16.2. The molecule has 1 saturated carbocycles. The summed E-state index contributed by atoms with van der Waals surface area (Å²) in [5.74, 6) is 0.910. The maximum Gasteiger partial charge on any atom is 0.246 e. The van der Waals surface area contributed by atoms with Gasteiger partial charge in [0.1, 0.15) is 0 Å². The van der Waals surface area contributed by atoms with E-state index in [0.29, 0.717) is 5.92 Å². The monoisotopic (exact) mass is 221 g/mol. The predicted octanol–water partition coefficient (Wildman–Crippen LogP) is 3.14. The molecule has 0 radical (unpaired) electrons. The SMILES string of the molecule is O=C(/C=C/C1CCCCC1)N1CCCCC1. The van der Waals surface area contributed by atoms with Crippen LogP contribution in [0.4, 0.5) is 0 Å². The van der Waals surface area contributed by atoms with Crippen LogP contribution in [-0.2, 0) is 4.79 Å². The molecule has 1 saturated heterocycles. The summed E-state index contributed by atoms with van der Waals surface area (Å²) < 4.78 is 0. The number of allylic oxidation sites excluding steroid dienone is 1. The van der Waals surface area contributed by atoms with Crippen molar-refractivity contribution in [2.45, 2.75) is 51.4 Å². The fourth-order valence-electron chi connectivity index (χ4n) is 2.76. The Bertz CT molecular complexity index is 247. The highest BCUT2D eigenvalue weighted by molar-refractivity contribution is 5.87. The zero-order valence-corrected chi connectivity index (χ0v) is 10.2. The van der Waals surface area contributed by atoms with E-state index in [0.717, 1.165) is 13.1 Å². The maximum absolute atomic E-state index is 11.9. The van der Waals surface area contributed by atoms with Crippen LogP contribution in [0, 0.1) is 5.92 Å². The first-order valence-corrected chi connectivity index (χ1v) is 6.83. The van der Waals surface area contributed by atoms with Crippen LogP contribution in [0.2, 0.25) is 0 Å². The minimum atomic E-state index is 0.241. The molecule has 2 rings (SSSR count). The lowest BCUT2D eigenvalue weighted by Gasteiger charge is -2.25. The first-order valence-electron chi connectivity index (χ1n) is 6.83. The standard InChI is InChI=1S/C14H23NO/c16-14(15-11-5-2-6-12-15)10-9-13-7-3-1-4-8-13/h9-10,13H,1-8,11-12H2/b10-9+. The van der Waals surface area contributed by atoms with Crippen molar-refractivity contribution >= 4 is 5.91 Å². The lowest BCUT2D eigenvalue weighted by Crippen LogP contribution is -2.34. The molecule has 2 fully saturated rings. The van der Waals surface area contributed by atoms with Crippen molar-refractivity contribution in [3.05, 3.63) is 12.2 Å². The number of hydrogen-bond donors (Lipinski definition) is 0. The van der Waals surface area contributed by atoms with E-state index < -0.39 is 0 Å². The van der Waals surface area contributed by atoms with Gasteiger partial charge in [-0.15, -0.1) is 0 Å². The number of likely N-dealkylation sites (tertiary alicyclic amines) is 1. The number of carbonyl (C=O) groups excluding carboxylic acids is 1. The largest absolute Gasteiger partial charge is 0.339 e. The van der Waals surface area contributed by atoms with Crippen molar-refractivity contribution in [1.29, 1.82) is 0 Å². The summed E-state index contributed by atoms with van der Waals surface area (Å²) in [6, 6.07) is 0. The number of piperidine rings is 1. The molecule has 0 unspecified atom stereocenters. The highest BCUT2D eigenvalue weighted by Gasteiger charge is 2.15. The molecule has 1 aliphatic carbocycles. The molecule has 1 heterocycles. The van der Waals surface area contributed by atoms with Gasteiger partial charge in [-0.05, 0) is 44.1 Å². The predicted molar refractivity (Wildman–Crippen MR) is 66.1 cm³/mol. The Morgan fingerprint density at radius 1 is 0.938 bits per heavy atom. The molecule has 0 N–H and O–H groups in total. The van der Waals surface area contributed by atoms with Crippen molar-refractivity contribution in [3.63, 3.8) is 0 Å². The van der Waals surface area contributed by atoms with E-state index >= 15 is 0 Å². The first-order chi connectivity index (χ1) is 7.86. The third-order valence-electron chi connectivity index (χ3n) is 3.83. The molecule has 0 aromatic rings. The smallest absolute Gasteiger partial charge is 0.246 e. The second-order valence-corrected chi connectivity index (χ2v) is 5.14. The van der Waals surface area contributed by atoms with E-state index in [9.17, 15) is 4.79 Å². The summed E-state index contributed by atoms with van der Waals surface area (Å²) in [5, 5.41) is 0. The minimum Gasteiger partial charge on any atom is -0.339 e. The molecular weight excluding hydrogens is 198 g/mol. The van der Waals surface area contributed by atoms with Crippen LogP contribution >= 0.6 is 0 Å². The van der Waals surface area contributed by atoms with E-state index in [1.165, 1.54) is 51.4 Å². The van der Waals surface area contributed by atoms with Gasteiger partial charge in [0.15, 0.2) is 0 Å². The Hall–Kier alpha value is -0.790. The van der Waals surface area contributed by atoms with Gasteiger partial charge in [-0.25, -0.2) is 0 Å². The molecule has 0 spiro atoms. The normalized spacial score (nSPS) is 23.9. The molecule has 0 aromatic heterocycles. The average molecular weight is 221 g/mol. The summed E-state index contributed by atoms with van der Waals surface area (Å²) in [7, 11) is 0. The van der Waals surface area contributed by atoms with Crippen molar-refractivity contribution in [2.75, 3.05) is 13.1 Å². The molecule has 90 valence electrons. The van der Waals surface area contributed by atoms with E-state index in [1.54, 1.807) is 0 Å². The van der Waals surface area contributed by atoms with Crippen molar-refractivity contribution in [2.24, 2.45) is 5.92 Å². The molecule has 16 heavy (non-hydrogen) atoms. The second kappa shape index (κ2) is 6.07. The van der Waals surface area contributed by atoms with Crippen molar-refractivity contribution < 1.29 is 4.79 Å². The van der Waals surface area contributed by atoms with Gasteiger partial charge < -0.3 is 4.90 Å². The lowest BCUT2D eigenvalue weighted by molar-refractivity contribution is -0.126. The van der Waals surface area contributed by atoms with Crippen LogP contribution in [0.15, 0.2) is 12.2 Å². The molecule has 0 bridgehead atoms. The number of hydrogen-bond acceptors (Lipinski definition) is 1. The van der Waals surface area contributed by atoms with Crippen LogP contribution in [0.25, 0.3) is 0 Å². The van der Waals surface area contributed by atoms with Gasteiger partial charge in [-0.1, -0.05) is 25.3 Å². The molecule has 2 heteroatoms. The van der Waals surface area contributed by atoms with Gasteiger partial charge in [-0.3, -0.25) is 4.79 Å². The van der Waals surface area contributed by atoms with E-state index in [1.807, 2.05) is 11.0 Å². The van der Waals surface area contributed by atoms with E-state index in [2.05, 4.69) is 6.08 Å². The lowest BCUT2D eigenvalue weighted by atomic mass is 9.89. The zero-order valence-electron chi connectivity index (χ0n) is 10.2. The van der Waals surface area contributed by atoms with Crippen molar-refractivity contribution in [3.8, 4) is 0 Å². The fourth-order valence-corrected chi connectivity index (χ4v) is 2.76. The van der Waals surface area contributed by atoms with Gasteiger partial charge in [0.05, 0.1) is 0 Å². The van der Waals surface area contributed by atoms with Gasteiger partial charge in [0.25, 0.3) is 0 Å². The van der Waals surface area contributed by atoms with Crippen LogP contribution in [0.3, 0.4) is 0 Å². The Morgan fingerprint density at radius 3 is 2.25 bits per heavy atom. The summed E-state index contributed by atoms with van der Waals surface area (Å²) >= 11 is 0. The van der Waals surface area contributed by atoms with Gasteiger partial charge in [0, 0.05) is 13.1 Å². The topological polar surface area (TPSA) is 20.3 Å². The summed E-state index contributed by atoms with van der Waals surface area (Å²) in [4.78, 5) is 13.9. The summed E-state index contributed by atoms with van der Waals surface area (Å²) in [6.45, 7) is 1.93. The molecule has 2 aliphatic rings. The summed E-state index contributed by atoms with van der Waals surface area (Å²) in [6.07, 6.45) is 14.3.